The maximum Gasteiger partial charge on any atom is 0.254 e. The number of fused-ring (bicyclic) bond motifs is 2. The third-order valence-electron chi connectivity index (χ3n) is 5.34. The van der Waals surface area contributed by atoms with Crippen LogP contribution in [0.15, 0.2) is 24.3 Å². The molecule has 0 spiro atoms. The quantitative estimate of drug-likeness (QED) is 0.861. The van der Waals surface area contributed by atoms with Crippen molar-refractivity contribution in [3.05, 3.63) is 41.1 Å². The van der Waals surface area contributed by atoms with E-state index in [0.717, 1.165) is 29.1 Å². The number of nitrogens with zero attached hydrogens (tertiary/aromatic N) is 3. The van der Waals surface area contributed by atoms with Crippen LogP contribution in [0.3, 0.4) is 0 Å². The first-order valence-electron chi connectivity index (χ1n) is 9.11. The number of carbonyl (C=O) groups excluding carboxylic acids is 2. The highest BCUT2D eigenvalue weighted by Gasteiger charge is 2.33. The van der Waals surface area contributed by atoms with E-state index in [1.807, 2.05) is 31.2 Å². The molecule has 0 saturated heterocycles. The molecule has 3 N–H and O–H groups in total. The van der Waals surface area contributed by atoms with E-state index in [9.17, 15) is 9.59 Å². The first-order valence-corrected chi connectivity index (χ1v) is 9.11. The molecule has 1 atom stereocenters. The molecule has 2 aromatic rings. The van der Waals surface area contributed by atoms with Gasteiger partial charge in [-0.15, -0.1) is 5.10 Å². The number of nitrogens with two attached hydrogens (primary N) is 1. The summed E-state index contributed by atoms with van der Waals surface area (Å²) in [6, 6.07) is 7.88. The first kappa shape index (κ1) is 16.6. The van der Waals surface area contributed by atoms with Gasteiger partial charge in [0.15, 0.2) is 0 Å². The van der Waals surface area contributed by atoms with Crippen LogP contribution in [0.2, 0.25) is 0 Å². The van der Waals surface area contributed by atoms with Crippen LogP contribution in [-0.2, 0) is 17.8 Å². The molecule has 7 heteroatoms. The molecule has 1 aromatic carbocycles. The smallest absolute Gasteiger partial charge is 0.254 e. The van der Waals surface area contributed by atoms with E-state index in [0.29, 0.717) is 38.2 Å². The average Bonchev–Trinajstić information content (AvgIpc) is 3.02. The van der Waals surface area contributed by atoms with Gasteiger partial charge in [0.05, 0.1) is 18.2 Å². The molecular weight excluding hydrogens is 330 g/mol. The fraction of sp³-hybridized carbons (Fsp3) is 0.421. The molecule has 26 heavy (non-hydrogen) atoms. The molecule has 1 aromatic heterocycles. The minimum atomic E-state index is -0.256. The zero-order valence-corrected chi connectivity index (χ0v) is 14.9. The van der Waals surface area contributed by atoms with Gasteiger partial charge in [0.25, 0.3) is 5.91 Å². The minimum absolute atomic E-state index is 0.0716. The van der Waals surface area contributed by atoms with Gasteiger partial charge in [-0.2, -0.15) is 0 Å². The maximum absolute atomic E-state index is 13.3. The molecule has 136 valence electrons. The zero-order chi connectivity index (χ0) is 18.3. The fourth-order valence-corrected chi connectivity index (χ4v) is 3.94. The molecular formula is C19H23N5O2. The lowest BCUT2D eigenvalue weighted by molar-refractivity contribution is -0.131. The molecule has 0 saturated carbocycles. The number of nitrogens with one attached hydrogen (secondary N) is 1. The number of hydrogen-bond donors (Lipinski definition) is 2. The van der Waals surface area contributed by atoms with E-state index in [1.165, 1.54) is 4.68 Å². The minimum Gasteiger partial charge on any atom is -0.385 e. The Morgan fingerprint density at radius 2 is 2.15 bits per heavy atom. The van der Waals surface area contributed by atoms with E-state index < -0.39 is 0 Å². The summed E-state index contributed by atoms with van der Waals surface area (Å²) in [5.74, 6) is 0.159. The third-order valence-corrected chi connectivity index (χ3v) is 5.34. The Morgan fingerprint density at radius 3 is 2.96 bits per heavy atom. The molecule has 0 aliphatic carbocycles. The maximum atomic E-state index is 13.3. The fourth-order valence-electron chi connectivity index (χ4n) is 3.94. The van der Waals surface area contributed by atoms with Gasteiger partial charge in [-0.05, 0) is 24.5 Å². The highest BCUT2D eigenvalue weighted by Crippen LogP contribution is 2.34. The van der Waals surface area contributed by atoms with Crippen LogP contribution in [0.25, 0.3) is 0 Å². The number of rotatable bonds is 2. The number of carbonyl (C=O) groups is 2. The van der Waals surface area contributed by atoms with Crippen LogP contribution < -0.4 is 11.1 Å². The predicted molar refractivity (Wildman–Crippen MR) is 99.0 cm³/mol. The number of hydrogen-bond acceptors (Lipinski definition) is 5. The Balaban J connectivity index is 1.70. The second kappa shape index (κ2) is 6.48. The Bertz CT molecular complexity index is 873. The van der Waals surface area contributed by atoms with Crippen LogP contribution in [0, 0.1) is 0 Å². The lowest BCUT2D eigenvalue weighted by atomic mass is 9.90. The van der Waals surface area contributed by atoms with Gasteiger partial charge >= 0.3 is 0 Å². The van der Waals surface area contributed by atoms with Gasteiger partial charge < -0.3 is 16.0 Å². The Hall–Kier alpha value is -2.83. The standard InChI is InChI=1S/C19H23N5O2/c1-2-17(25)23-10-8-14-16(11-23)24(22-18(14)20)19(26)13-7-9-21-15-6-4-3-5-12(13)15/h3-6,13,21H,2,7-11H2,1H3,(H2,20,22). The number of benzene rings is 1. The van der Waals surface area contributed by atoms with Gasteiger partial charge in [0.1, 0.15) is 5.82 Å². The van der Waals surface area contributed by atoms with Crippen molar-refractivity contribution in [2.45, 2.75) is 38.6 Å². The van der Waals surface area contributed by atoms with Gasteiger partial charge in [0, 0.05) is 30.8 Å². The zero-order valence-electron chi connectivity index (χ0n) is 14.9. The van der Waals surface area contributed by atoms with Crippen molar-refractivity contribution in [3.8, 4) is 0 Å². The molecule has 0 radical (unpaired) electrons. The number of anilines is 2. The summed E-state index contributed by atoms with van der Waals surface area (Å²) in [6.07, 6.45) is 1.81. The number of aromatic nitrogens is 2. The van der Waals surface area contributed by atoms with Crippen molar-refractivity contribution in [1.82, 2.24) is 14.7 Å². The van der Waals surface area contributed by atoms with Crippen LogP contribution in [-0.4, -0.2) is 39.6 Å². The van der Waals surface area contributed by atoms with E-state index in [1.54, 1.807) is 4.90 Å². The van der Waals surface area contributed by atoms with Gasteiger partial charge in [-0.1, -0.05) is 25.1 Å². The SMILES string of the molecule is CCC(=O)N1CCc2c(N)nn(C(=O)C3CCNc4ccccc43)c2C1. The molecule has 0 fully saturated rings. The Labute approximate surface area is 152 Å². The summed E-state index contributed by atoms with van der Waals surface area (Å²) in [4.78, 5) is 27.2. The topological polar surface area (TPSA) is 93.2 Å². The van der Waals surface area contributed by atoms with Crippen LogP contribution in [0.4, 0.5) is 11.5 Å². The van der Waals surface area contributed by atoms with Crippen molar-refractivity contribution >= 4 is 23.3 Å². The van der Waals surface area contributed by atoms with Crippen molar-refractivity contribution in [2.75, 3.05) is 24.1 Å². The molecule has 2 aliphatic heterocycles. The van der Waals surface area contributed by atoms with E-state index >= 15 is 0 Å². The van der Waals surface area contributed by atoms with Gasteiger partial charge in [-0.3, -0.25) is 9.59 Å². The molecule has 1 amide bonds. The Kier molecular flexibility index (Phi) is 4.14. The average molecular weight is 353 g/mol. The van der Waals surface area contributed by atoms with Gasteiger partial charge in [-0.25, -0.2) is 4.68 Å². The first-order chi connectivity index (χ1) is 12.6. The molecule has 0 bridgehead atoms. The molecule has 7 nitrogen and oxygen atoms in total. The Morgan fingerprint density at radius 1 is 1.35 bits per heavy atom. The summed E-state index contributed by atoms with van der Waals surface area (Å²) in [5.41, 5.74) is 9.73. The van der Waals surface area contributed by atoms with E-state index in [2.05, 4.69) is 10.4 Å². The van der Waals surface area contributed by atoms with Crippen molar-refractivity contribution in [1.29, 1.82) is 0 Å². The summed E-state index contributed by atoms with van der Waals surface area (Å²) in [7, 11) is 0. The highest BCUT2D eigenvalue weighted by atomic mass is 16.2. The number of para-hydroxylation sites is 1. The number of nitrogen functional groups attached to an aromatic ring is 1. The van der Waals surface area contributed by atoms with Crippen molar-refractivity contribution in [2.24, 2.45) is 0 Å². The van der Waals surface area contributed by atoms with E-state index in [-0.39, 0.29) is 17.7 Å². The molecule has 4 rings (SSSR count). The van der Waals surface area contributed by atoms with Crippen LogP contribution in [0.1, 0.15) is 47.3 Å². The highest BCUT2D eigenvalue weighted by molar-refractivity contribution is 5.89. The third kappa shape index (κ3) is 2.64. The summed E-state index contributed by atoms with van der Waals surface area (Å²) in [5, 5.41) is 7.68. The number of amides is 1. The normalized spacial score (nSPS) is 18.7. The van der Waals surface area contributed by atoms with Crippen LogP contribution >= 0.6 is 0 Å². The predicted octanol–water partition coefficient (Wildman–Crippen LogP) is 2.00. The largest absolute Gasteiger partial charge is 0.385 e. The molecule has 2 aliphatic rings. The molecule has 3 heterocycles. The van der Waals surface area contributed by atoms with Crippen molar-refractivity contribution in [3.63, 3.8) is 0 Å². The van der Waals surface area contributed by atoms with Crippen molar-refractivity contribution < 1.29 is 9.59 Å². The second-order valence-electron chi connectivity index (χ2n) is 6.83. The van der Waals surface area contributed by atoms with Gasteiger partial charge in [0.2, 0.25) is 5.91 Å². The second-order valence-corrected chi connectivity index (χ2v) is 6.83. The monoisotopic (exact) mass is 353 g/mol. The lowest BCUT2D eigenvalue weighted by Crippen LogP contribution is -2.37. The lowest BCUT2D eigenvalue weighted by Gasteiger charge is -2.29. The molecule has 1 unspecified atom stereocenters. The van der Waals surface area contributed by atoms with E-state index in [4.69, 9.17) is 5.73 Å². The van der Waals surface area contributed by atoms with Crippen LogP contribution in [0.5, 0.6) is 0 Å². The summed E-state index contributed by atoms with van der Waals surface area (Å²) >= 11 is 0. The summed E-state index contributed by atoms with van der Waals surface area (Å²) < 4.78 is 1.45. The summed E-state index contributed by atoms with van der Waals surface area (Å²) in [6.45, 7) is 3.61.